The van der Waals surface area contributed by atoms with Gasteiger partial charge < -0.3 is 0 Å². The van der Waals surface area contributed by atoms with E-state index in [-0.39, 0.29) is 5.88 Å². The van der Waals surface area contributed by atoms with Gasteiger partial charge in [0.2, 0.25) is 0 Å². The molecule has 1 aliphatic heterocycles. The van der Waals surface area contributed by atoms with Crippen LogP contribution in [0.1, 0.15) is 0 Å². The van der Waals surface area contributed by atoms with Gasteiger partial charge in [-0.3, -0.25) is 4.42 Å². The fourth-order valence-corrected chi connectivity index (χ4v) is 1.49. The van der Waals surface area contributed by atoms with E-state index < -0.39 is 11.1 Å². The van der Waals surface area contributed by atoms with Crippen LogP contribution in [0, 0.1) is 0 Å². The molecule has 0 bridgehead atoms. The smallest absolute Gasteiger partial charge is 0.281 e. The molecule has 0 atom stereocenters. The van der Waals surface area contributed by atoms with Crippen LogP contribution in [0.25, 0.3) is 0 Å². The van der Waals surface area contributed by atoms with E-state index in [1.54, 1.807) is 0 Å². The van der Waals surface area contributed by atoms with Gasteiger partial charge in [0.05, 0.1) is 5.88 Å². The molecule has 0 aromatic rings. The third-order valence-corrected chi connectivity index (χ3v) is 2.29. The lowest BCUT2D eigenvalue weighted by atomic mass is 10.6. The minimum Gasteiger partial charge on any atom is -0.281 e. The molecule has 0 saturated carbocycles. The second kappa shape index (κ2) is 2.54. The molecule has 0 aromatic heterocycles. The van der Waals surface area contributed by atoms with Gasteiger partial charge in [-0.1, -0.05) is 11.8 Å². The van der Waals surface area contributed by atoms with Gasteiger partial charge in [0.15, 0.2) is 0 Å². The quantitative estimate of drug-likeness (QED) is 0.539. The molecule has 58 valence electrons. The molecule has 1 aliphatic rings. The number of halogens is 4. The Bertz CT molecular complexity index is 166. The summed E-state index contributed by atoms with van der Waals surface area (Å²) in [7, 11) is 0. The van der Waals surface area contributed by atoms with Crippen LogP contribution in [0.3, 0.4) is 0 Å². The lowest BCUT2D eigenvalue weighted by Gasteiger charge is -2.02. The molecular weight excluding hydrogens is 187 g/mol. The maximum absolute atomic E-state index is 11.8. The Balaban J connectivity index is 2.67. The number of hydrogen-bond donors (Lipinski definition) is 0. The first kappa shape index (κ1) is 8.07. The Morgan fingerprint density at radius 2 is 2.20 bits per heavy atom. The lowest BCUT2D eigenvalue weighted by Crippen LogP contribution is -2.07. The molecule has 0 spiro atoms. The van der Waals surface area contributed by atoms with Gasteiger partial charge >= 0.3 is 6.18 Å². The highest BCUT2D eigenvalue weighted by Gasteiger charge is 2.37. The van der Waals surface area contributed by atoms with Gasteiger partial charge in [-0.2, -0.15) is 13.2 Å². The van der Waals surface area contributed by atoms with Crippen LogP contribution in [0.4, 0.5) is 13.2 Å². The average molecular weight is 190 g/mol. The van der Waals surface area contributed by atoms with E-state index in [1.807, 2.05) is 0 Å². The summed E-state index contributed by atoms with van der Waals surface area (Å²) < 4.78 is 36.3. The van der Waals surface area contributed by atoms with E-state index in [4.69, 9.17) is 11.8 Å². The van der Waals surface area contributed by atoms with Gasteiger partial charge in [0, 0.05) is 18.0 Å². The Morgan fingerprint density at radius 1 is 1.60 bits per heavy atom. The SMILES string of the molecule is FC(F)(F)C1=CN(Cl)CS1. The summed E-state index contributed by atoms with van der Waals surface area (Å²) in [5, 5.41) is 0. The number of rotatable bonds is 0. The Hall–Kier alpha value is -0.0300. The highest BCUT2D eigenvalue weighted by atomic mass is 35.5. The van der Waals surface area contributed by atoms with Crippen LogP contribution in [-0.2, 0) is 0 Å². The highest BCUT2D eigenvalue weighted by Crippen LogP contribution is 2.39. The first-order chi connectivity index (χ1) is 4.50. The lowest BCUT2D eigenvalue weighted by molar-refractivity contribution is -0.0837. The number of hydrogen-bond acceptors (Lipinski definition) is 2. The molecule has 1 heterocycles. The van der Waals surface area contributed by atoms with Crippen LogP contribution in [-0.4, -0.2) is 16.5 Å². The number of nitrogens with zero attached hydrogens (tertiary/aromatic N) is 1. The molecule has 10 heavy (non-hydrogen) atoms. The molecule has 0 aliphatic carbocycles. The minimum absolute atomic E-state index is 0.163. The van der Waals surface area contributed by atoms with Crippen molar-refractivity contribution in [3.63, 3.8) is 0 Å². The maximum atomic E-state index is 11.8. The molecular formula is C4H3ClF3NS. The zero-order chi connectivity index (χ0) is 7.78. The van der Waals surface area contributed by atoms with Gasteiger partial charge in [0.1, 0.15) is 4.91 Å². The first-order valence-electron chi connectivity index (χ1n) is 2.34. The van der Waals surface area contributed by atoms with Gasteiger partial charge in [-0.25, -0.2) is 0 Å². The minimum atomic E-state index is -4.24. The van der Waals surface area contributed by atoms with E-state index in [9.17, 15) is 13.2 Å². The van der Waals surface area contributed by atoms with E-state index in [0.29, 0.717) is 11.8 Å². The summed E-state index contributed by atoms with van der Waals surface area (Å²) in [5.41, 5.74) is 0. The van der Waals surface area contributed by atoms with Crippen molar-refractivity contribution in [1.82, 2.24) is 4.42 Å². The first-order valence-corrected chi connectivity index (χ1v) is 3.67. The summed E-state index contributed by atoms with van der Waals surface area (Å²) in [6.07, 6.45) is -3.36. The summed E-state index contributed by atoms with van der Waals surface area (Å²) >= 11 is 5.94. The fourth-order valence-electron chi connectivity index (χ4n) is 0.488. The second-order valence-corrected chi connectivity index (χ2v) is 3.09. The van der Waals surface area contributed by atoms with Crippen molar-refractivity contribution in [3.05, 3.63) is 11.1 Å². The van der Waals surface area contributed by atoms with Gasteiger partial charge in [0.25, 0.3) is 0 Å². The van der Waals surface area contributed by atoms with Crippen molar-refractivity contribution in [3.8, 4) is 0 Å². The van der Waals surface area contributed by atoms with E-state index in [2.05, 4.69) is 0 Å². The summed E-state index contributed by atoms with van der Waals surface area (Å²) in [5.74, 6) is 0.163. The zero-order valence-corrected chi connectivity index (χ0v) is 6.22. The fraction of sp³-hybridized carbons (Fsp3) is 0.500. The number of alkyl halides is 3. The van der Waals surface area contributed by atoms with Crippen molar-refractivity contribution in [2.24, 2.45) is 0 Å². The van der Waals surface area contributed by atoms with Crippen LogP contribution in [0.15, 0.2) is 11.1 Å². The summed E-state index contributed by atoms with van der Waals surface area (Å²) in [4.78, 5) is -0.637. The van der Waals surface area contributed by atoms with Crippen molar-refractivity contribution in [1.29, 1.82) is 0 Å². The van der Waals surface area contributed by atoms with Crippen LogP contribution >= 0.6 is 23.5 Å². The van der Waals surface area contributed by atoms with Gasteiger partial charge in [-0.05, 0) is 0 Å². The number of allylic oxidation sites excluding steroid dienone is 1. The van der Waals surface area contributed by atoms with Crippen LogP contribution in [0.5, 0.6) is 0 Å². The summed E-state index contributed by atoms with van der Waals surface area (Å²) in [6, 6.07) is 0. The molecule has 1 rings (SSSR count). The largest absolute Gasteiger partial charge is 0.423 e. The molecule has 0 radical (unpaired) electrons. The topological polar surface area (TPSA) is 3.24 Å². The predicted octanol–water partition coefficient (Wildman–Crippen LogP) is 2.55. The number of thioether (sulfide) groups is 1. The van der Waals surface area contributed by atoms with Crippen molar-refractivity contribution in [2.75, 3.05) is 5.88 Å². The van der Waals surface area contributed by atoms with Crippen molar-refractivity contribution in [2.45, 2.75) is 6.18 Å². The molecule has 0 fully saturated rings. The van der Waals surface area contributed by atoms with E-state index in [0.717, 1.165) is 10.6 Å². The van der Waals surface area contributed by atoms with Crippen LogP contribution in [0.2, 0.25) is 0 Å². The molecule has 0 aromatic carbocycles. The molecule has 6 heteroatoms. The molecule has 0 amide bonds. The maximum Gasteiger partial charge on any atom is 0.423 e. The van der Waals surface area contributed by atoms with Crippen LogP contribution < -0.4 is 0 Å². The average Bonchev–Trinajstić information content (AvgIpc) is 2.11. The monoisotopic (exact) mass is 189 g/mol. The van der Waals surface area contributed by atoms with Crippen molar-refractivity contribution < 1.29 is 13.2 Å². The highest BCUT2D eigenvalue weighted by molar-refractivity contribution is 8.03. The third-order valence-electron chi connectivity index (χ3n) is 0.880. The second-order valence-electron chi connectivity index (χ2n) is 1.66. The molecule has 1 nitrogen and oxygen atoms in total. The van der Waals surface area contributed by atoms with Crippen molar-refractivity contribution >= 4 is 23.5 Å². The zero-order valence-electron chi connectivity index (χ0n) is 4.65. The Morgan fingerprint density at radius 3 is 2.40 bits per heavy atom. The molecule has 0 unspecified atom stereocenters. The molecule has 0 saturated heterocycles. The standard InChI is InChI=1S/C4H3ClF3NS/c5-9-1-3(10-2-9)4(6,7)8/h1H,2H2. The third kappa shape index (κ3) is 1.73. The molecule has 0 N–H and O–H groups in total. The van der Waals surface area contributed by atoms with E-state index >= 15 is 0 Å². The Labute approximate surface area is 64.9 Å². The summed E-state index contributed by atoms with van der Waals surface area (Å²) in [6.45, 7) is 0. The Kier molecular flexibility index (Phi) is 2.05. The normalized spacial score (nSPS) is 19.6. The van der Waals surface area contributed by atoms with Gasteiger partial charge in [-0.15, -0.1) is 0 Å². The van der Waals surface area contributed by atoms with E-state index in [1.165, 1.54) is 0 Å². The predicted molar refractivity (Wildman–Crippen MR) is 34.3 cm³/mol.